The second kappa shape index (κ2) is 8.64. The first kappa shape index (κ1) is 22.2. The number of aromatic nitrogens is 1. The van der Waals surface area contributed by atoms with Crippen molar-refractivity contribution in [2.24, 2.45) is 0 Å². The molecule has 0 spiro atoms. The predicted molar refractivity (Wildman–Crippen MR) is 127 cm³/mol. The maximum Gasteiger partial charge on any atom is 0.363 e. The number of para-hydroxylation sites is 2. The van der Waals surface area contributed by atoms with Crippen LogP contribution >= 0.6 is 0 Å². The Morgan fingerprint density at radius 3 is 1.86 bits per heavy atom. The fraction of sp³-hybridized carbons (Fsp3) is 0.148. The maximum absolute atomic E-state index is 13.4. The Labute approximate surface area is 200 Å². The van der Waals surface area contributed by atoms with Crippen LogP contribution in [0.5, 0.6) is 5.75 Å². The third-order valence-corrected chi connectivity index (χ3v) is 5.86. The lowest BCUT2D eigenvalue weighted by Crippen LogP contribution is -2.32. The van der Waals surface area contributed by atoms with E-state index < -0.39 is 23.8 Å². The lowest BCUT2D eigenvalue weighted by molar-refractivity contribution is -0.172. The molecule has 1 aliphatic rings. The van der Waals surface area contributed by atoms with Gasteiger partial charge in [-0.2, -0.15) is 0 Å². The van der Waals surface area contributed by atoms with Crippen molar-refractivity contribution in [2.45, 2.75) is 26.7 Å². The van der Waals surface area contributed by atoms with E-state index >= 15 is 0 Å². The van der Waals surface area contributed by atoms with Gasteiger partial charge in [0.2, 0.25) is 0 Å². The van der Waals surface area contributed by atoms with Gasteiger partial charge in [-0.3, -0.25) is 9.59 Å². The number of imide groups is 1. The van der Waals surface area contributed by atoms with E-state index in [0.29, 0.717) is 49.3 Å². The summed E-state index contributed by atoms with van der Waals surface area (Å²) in [5.74, 6) is -2.19. The number of pyridine rings is 1. The first-order valence-electron chi connectivity index (χ1n) is 11.0. The number of esters is 1. The molecule has 8 nitrogen and oxygen atoms in total. The Bertz CT molecular complexity index is 1470. The highest BCUT2D eigenvalue weighted by Crippen LogP contribution is 2.30. The molecule has 8 heteroatoms. The number of ether oxygens (including phenoxy) is 1. The van der Waals surface area contributed by atoms with Crippen LogP contribution < -0.4 is 4.74 Å². The van der Waals surface area contributed by atoms with E-state index in [2.05, 4.69) is 4.98 Å². The Morgan fingerprint density at radius 1 is 0.800 bits per heavy atom. The Kier molecular flexibility index (Phi) is 5.49. The molecule has 0 bridgehead atoms. The van der Waals surface area contributed by atoms with Gasteiger partial charge in [0.05, 0.1) is 22.2 Å². The van der Waals surface area contributed by atoms with E-state index in [1.54, 1.807) is 13.8 Å². The zero-order valence-corrected chi connectivity index (χ0v) is 19.0. The molecule has 0 radical (unpaired) electrons. The van der Waals surface area contributed by atoms with Gasteiger partial charge in [-0.05, 0) is 49.2 Å². The van der Waals surface area contributed by atoms with Gasteiger partial charge in [-0.15, -0.1) is 5.06 Å². The monoisotopic (exact) mass is 468 g/mol. The van der Waals surface area contributed by atoms with E-state index in [1.165, 1.54) is 12.1 Å². The summed E-state index contributed by atoms with van der Waals surface area (Å²) < 4.78 is 5.84. The van der Waals surface area contributed by atoms with Crippen molar-refractivity contribution in [3.63, 3.8) is 0 Å². The molecular formula is C27H20N2O6. The number of hydrogen-bond donors (Lipinski definition) is 0. The highest BCUT2D eigenvalue weighted by atomic mass is 16.7. The minimum atomic E-state index is -0.844. The van der Waals surface area contributed by atoms with Gasteiger partial charge in [0.1, 0.15) is 5.75 Å². The summed E-state index contributed by atoms with van der Waals surface area (Å²) in [7, 11) is 0. The predicted octanol–water partition coefficient (Wildman–Crippen LogP) is 4.44. The third kappa shape index (κ3) is 3.99. The van der Waals surface area contributed by atoms with Crippen LogP contribution in [0.2, 0.25) is 0 Å². The second-order valence-corrected chi connectivity index (χ2v) is 8.31. The minimum Gasteiger partial charge on any atom is -0.422 e. The molecule has 4 aromatic rings. The normalized spacial score (nSPS) is 13.5. The van der Waals surface area contributed by atoms with Gasteiger partial charge in [-0.1, -0.05) is 36.4 Å². The molecule has 1 aromatic heterocycles. The number of nitrogens with zero attached hydrogens (tertiary/aromatic N) is 2. The minimum absolute atomic E-state index is 0.0113. The summed E-state index contributed by atoms with van der Waals surface area (Å²) in [4.78, 5) is 59.1. The number of benzene rings is 3. The number of carbonyl (C=O) groups is 4. The first-order chi connectivity index (χ1) is 16.8. The average Bonchev–Trinajstić information content (AvgIpc) is 3.16. The van der Waals surface area contributed by atoms with Gasteiger partial charge >= 0.3 is 11.9 Å². The summed E-state index contributed by atoms with van der Waals surface area (Å²) in [6, 6.07) is 17.7. The third-order valence-electron chi connectivity index (χ3n) is 5.86. The average molecular weight is 468 g/mol. The quantitative estimate of drug-likeness (QED) is 0.189. The molecule has 0 atom stereocenters. The number of fused-ring (bicyclic) bond motifs is 2. The molecule has 5 rings (SSSR count). The van der Waals surface area contributed by atoms with Crippen molar-refractivity contribution < 1.29 is 28.8 Å². The molecule has 3 aromatic carbocycles. The van der Waals surface area contributed by atoms with Crippen LogP contribution in [-0.4, -0.2) is 33.8 Å². The fourth-order valence-corrected chi connectivity index (χ4v) is 4.23. The summed E-state index contributed by atoms with van der Waals surface area (Å²) in [6.45, 7) is 3.39. The van der Waals surface area contributed by atoms with Crippen LogP contribution in [0, 0.1) is 13.8 Å². The standard InChI is InChI=1S/C27H20N2O6/c1-15-13-17(26(32)35-29-22(30)11-12-23(29)31)14-16(2)25(15)34-27(33)24-18-7-3-5-9-20(18)28-21-10-6-4-8-19(21)24/h3-10,13-14H,11-12H2,1-2H3. The molecule has 1 saturated heterocycles. The van der Waals surface area contributed by atoms with Gasteiger partial charge < -0.3 is 9.57 Å². The molecule has 2 amide bonds. The van der Waals surface area contributed by atoms with Crippen LogP contribution in [0.3, 0.4) is 0 Å². The number of rotatable bonds is 4. The van der Waals surface area contributed by atoms with E-state index in [4.69, 9.17) is 9.57 Å². The Morgan fingerprint density at radius 2 is 1.31 bits per heavy atom. The highest BCUT2D eigenvalue weighted by Gasteiger charge is 2.33. The van der Waals surface area contributed by atoms with Crippen LogP contribution in [0.1, 0.15) is 44.7 Å². The van der Waals surface area contributed by atoms with Crippen molar-refractivity contribution >= 4 is 45.6 Å². The smallest absolute Gasteiger partial charge is 0.363 e. The summed E-state index contributed by atoms with van der Waals surface area (Å²) >= 11 is 0. The Hall–Kier alpha value is -4.59. The number of carbonyl (C=O) groups excluding carboxylic acids is 4. The number of amides is 2. The molecular weight excluding hydrogens is 448 g/mol. The van der Waals surface area contributed by atoms with Crippen molar-refractivity contribution in [2.75, 3.05) is 0 Å². The maximum atomic E-state index is 13.4. The van der Waals surface area contributed by atoms with Crippen molar-refractivity contribution in [1.82, 2.24) is 10.0 Å². The zero-order chi connectivity index (χ0) is 24.7. The summed E-state index contributed by atoms with van der Waals surface area (Å²) in [6.07, 6.45) is 0.0227. The van der Waals surface area contributed by atoms with Crippen LogP contribution in [-0.2, 0) is 14.4 Å². The molecule has 1 aliphatic heterocycles. The topological polar surface area (TPSA) is 103 Å². The lowest BCUT2D eigenvalue weighted by Gasteiger charge is -2.16. The van der Waals surface area contributed by atoms with Crippen LogP contribution in [0.4, 0.5) is 0 Å². The molecule has 35 heavy (non-hydrogen) atoms. The molecule has 0 aliphatic carbocycles. The number of hydroxylamine groups is 2. The largest absolute Gasteiger partial charge is 0.422 e. The van der Waals surface area contributed by atoms with Crippen LogP contribution in [0.25, 0.3) is 21.8 Å². The second-order valence-electron chi connectivity index (χ2n) is 8.31. The van der Waals surface area contributed by atoms with Crippen molar-refractivity contribution in [1.29, 1.82) is 0 Å². The summed E-state index contributed by atoms with van der Waals surface area (Å²) in [5, 5.41) is 1.85. The van der Waals surface area contributed by atoms with Crippen molar-refractivity contribution in [3.8, 4) is 5.75 Å². The van der Waals surface area contributed by atoms with Gasteiger partial charge in [-0.25, -0.2) is 14.6 Å². The lowest BCUT2D eigenvalue weighted by atomic mass is 10.0. The van der Waals surface area contributed by atoms with E-state index in [-0.39, 0.29) is 18.4 Å². The van der Waals surface area contributed by atoms with E-state index in [1.807, 2.05) is 48.5 Å². The molecule has 174 valence electrons. The molecule has 2 heterocycles. The Balaban J connectivity index is 1.48. The van der Waals surface area contributed by atoms with Gasteiger partial charge in [0.25, 0.3) is 11.8 Å². The number of hydrogen-bond acceptors (Lipinski definition) is 7. The van der Waals surface area contributed by atoms with Gasteiger partial charge in [0.15, 0.2) is 0 Å². The highest BCUT2D eigenvalue weighted by molar-refractivity contribution is 6.15. The molecule has 1 fully saturated rings. The van der Waals surface area contributed by atoms with Gasteiger partial charge in [0, 0.05) is 23.6 Å². The van der Waals surface area contributed by atoms with Crippen LogP contribution in [0.15, 0.2) is 60.7 Å². The van der Waals surface area contributed by atoms with E-state index in [9.17, 15) is 19.2 Å². The molecule has 0 N–H and O–H groups in total. The molecule has 0 unspecified atom stereocenters. The first-order valence-corrected chi connectivity index (χ1v) is 11.0. The molecule has 0 saturated carbocycles. The number of aryl methyl sites for hydroxylation is 2. The SMILES string of the molecule is Cc1cc(C(=O)ON2C(=O)CCC2=O)cc(C)c1OC(=O)c1c2ccccc2nc2ccccc12. The zero-order valence-electron chi connectivity index (χ0n) is 19.0. The van der Waals surface area contributed by atoms with Crippen molar-refractivity contribution in [3.05, 3.63) is 82.9 Å². The van der Waals surface area contributed by atoms with E-state index in [0.717, 1.165) is 0 Å². The fourth-order valence-electron chi connectivity index (χ4n) is 4.23. The summed E-state index contributed by atoms with van der Waals surface area (Å²) in [5.41, 5.74) is 2.93.